The van der Waals surface area contributed by atoms with Gasteiger partial charge < -0.3 is 0 Å². The molecule has 1 aliphatic carbocycles. The summed E-state index contributed by atoms with van der Waals surface area (Å²) in [6.45, 7) is 12.8. The molecule has 0 aromatic heterocycles. The van der Waals surface area contributed by atoms with Gasteiger partial charge in [-0.1, -0.05) is 77.7 Å². The molecule has 1 heteroatoms. The molecular formula is C21H26O. The summed E-state index contributed by atoms with van der Waals surface area (Å²) >= 11 is 0. The van der Waals surface area contributed by atoms with E-state index in [0.717, 1.165) is 11.1 Å². The predicted octanol–water partition coefficient (Wildman–Crippen LogP) is 5.19. The van der Waals surface area contributed by atoms with Crippen molar-refractivity contribution in [1.29, 1.82) is 0 Å². The van der Waals surface area contributed by atoms with E-state index in [0.29, 0.717) is 0 Å². The van der Waals surface area contributed by atoms with Crippen molar-refractivity contribution < 1.29 is 4.79 Å². The maximum atomic E-state index is 11.8. The molecule has 0 saturated heterocycles. The van der Waals surface area contributed by atoms with Crippen LogP contribution in [0.25, 0.3) is 0 Å². The molecule has 0 bridgehead atoms. The number of hydrogen-bond acceptors (Lipinski definition) is 1. The van der Waals surface area contributed by atoms with Crippen molar-refractivity contribution in [2.45, 2.75) is 41.5 Å². The third-order valence-electron chi connectivity index (χ3n) is 3.29. The molecule has 1 nitrogen and oxygen atoms in total. The summed E-state index contributed by atoms with van der Waals surface area (Å²) in [4.78, 5) is 11.8. The van der Waals surface area contributed by atoms with Gasteiger partial charge in [0.05, 0.1) is 0 Å². The van der Waals surface area contributed by atoms with E-state index in [1.54, 1.807) is 24.3 Å². The van der Waals surface area contributed by atoms with E-state index in [9.17, 15) is 4.79 Å². The van der Waals surface area contributed by atoms with Gasteiger partial charge in [-0.3, -0.25) is 4.79 Å². The summed E-state index contributed by atoms with van der Waals surface area (Å²) in [6, 6.07) is 0. The van der Waals surface area contributed by atoms with E-state index in [-0.39, 0.29) is 16.6 Å². The smallest absolute Gasteiger partial charge is 0.178 e. The van der Waals surface area contributed by atoms with Crippen LogP contribution in [-0.4, -0.2) is 5.78 Å². The molecule has 0 fully saturated rings. The fraction of sp³-hybridized carbons (Fsp3) is 0.381. The highest BCUT2D eigenvalue weighted by molar-refractivity contribution is 5.99. The zero-order valence-electron chi connectivity index (χ0n) is 14.5. The van der Waals surface area contributed by atoms with Crippen molar-refractivity contribution >= 4 is 5.78 Å². The molecule has 0 aliphatic heterocycles. The van der Waals surface area contributed by atoms with Crippen LogP contribution in [0.3, 0.4) is 0 Å². The Balaban J connectivity index is 3.32. The fourth-order valence-corrected chi connectivity index (χ4v) is 1.83. The lowest BCUT2D eigenvalue weighted by molar-refractivity contribution is -0.110. The Kier molecular flexibility index (Phi) is 5.94. The van der Waals surface area contributed by atoms with Gasteiger partial charge in [-0.15, -0.1) is 0 Å². The first-order valence-electron chi connectivity index (χ1n) is 7.60. The molecule has 0 amide bonds. The SMILES string of the molecule is CC(C)(C)/C1=C/C=C/C(=O)/C=C/C=C(C(C)(C)C)\C=C/C#C1. The quantitative estimate of drug-likeness (QED) is 0.562. The van der Waals surface area contributed by atoms with Gasteiger partial charge >= 0.3 is 0 Å². The minimum absolute atomic E-state index is 0.00425. The molecule has 22 heavy (non-hydrogen) atoms. The summed E-state index contributed by atoms with van der Waals surface area (Å²) in [5.41, 5.74) is 2.10. The molecule has 0 unspecified atom stereocenters. The van der Waals surface area contributed by atoms with Crippen molar-refractivity contribution in [1.82, 2.24) is 0 Å². The maximum absolute atomic E-state index is 11.8. The molecule has 0 heterocycles. The van der Waals surface area contributed by atoms with E-state index in [1.165, 1.54) is 0 Å². The number of allylic oxidation sites excluding steroid dienone is 10. The molecular weight excluding hydrogens is 268 g/mol. The Hall–Kier alpha value is -2.07. The van der Waals surface area contributed by atoms with Gasteiger partial charge in [-0.05, 0) is 40.7 Å². The van der Waals surface area contributed by atoms with Crippen LogP contribution in [0.1, 0.15) is 41.5 Å². The first-order valence-corrected chi connectivity index (χ1v) is 7.60. The fourth-order valence-electron chi connectivity index (χ4n) is 1.83. The summed E-state index contributed by atoms with van der Waals surface area (Å²) < 4.78 is 0. The minimum Gasteiger partial charge on any atom is -0.290 e. The monoisotopic (exact) mass is 294 g/mol. The van der Waals surface area contributed by atoms with Crippen LogP contribution in [0.2, 0.25) is 0 Å². The Morgan fingerprint density at radius 2 is 1.41 bits per heavy atom. The topological polar surface area (TPSA) is 17.1 Å². The Morgan fingerprint density at radius 1 is 0.818 bits per heavy atom. The minimum atomic E-state index is -0.0487. The first-order chi connectivity index (χ1) is 10.1. The number of rotatable bonds is 0. The standard InChI is InChI=1S/C21H26O/c1-20(2,3)17-11-7-8-12-18(21(4,5)6)14-10-16-19(22)15-9-13-17/h7,9-11,13-16H,1-6H3/b11-7-,15-9+,16-10+,17-13+,18-14+. The van der Waals surface area contributed by atoms with Crippen LogP contribution in [0.4, 0.5) is 0 Å². The second kappa shape index (κ2) is 7.27. The Bertz CT molecular complexity index is 624. The number of carbonyl (C=O) groups excluding carboxylic acids is 1. The molecule has 0 atom stereocenters. The van der Waals surface area contributed by atoms with E-state index >= 15 is 0 Å². The number of hydrogen-bond donors (Lipinski definition) is 0. The highest BCUT2D eigenvalue weighted by Gasteiger charge is 2.15. The largest absolute Gasteiger partial charge is 0.290 e. The van der Waals surface area contributed by atoms with Gasteiger partial charge in [0.15, 0.2) is 5.78 Å². The molecule has 0 saturated carbocycles. The lowest BCUT2D eigenvalue weighted by Gasteiger charge is -2.19. The molecule has 1 rings (SSSR count). The van der Waals surface area contributed by atoms with Crippen molar-refractivity contribution in [3.05, 3.63) is 59.8 Å². The highest BCUT2D eigenvalue weighted by atomic mass is 16.1. The van der Waals surface area contributed by atoms with Gasteiger partial charge in [0.1, 0.15) is 0 Å². The lowest BCUT2D eigenvalue weighted by Crippen LogP contribution is -2.07. The number of carbonyl (C=O) groups is 1. The maximum Gasteiger partial charge on any atom is 0.178 e. The third-order valence-corrected chi connectivity index (χ3v) is 3.29. The molecule has 0 radical (unpaired) electrons. The molecule has 0 spiro atoms. The van der Waals surface area contributed by atoms with Gasteiger partial charge in [0, 0.05) is 5.57 Å². The van der Waals surface area contributed by atoms with Gasteiger partial charge in [0.25, 0.3) is 0 Å². The second-order valence-electron chi connectivity index (χ2n) is 7.43. The molecule has 0 N–H and O–H groups in total. The van der Waals surface area contributed by atoms with Crippen molar-refractivity contribution in [2.75, 3.05) is 0 Å². The van der Waals surface area contributed by atoms with Gasteiger partial charge in [-0.25, -0.2) is 0 Å². The average molecular weight is 294 g/mol. The lowest BCUT2D eigenvalue weighted by atomic mass is 9.85. The Morgan fingerprint density at radius 3 is 1.95 bits per heavy atom. The van der Waals surface area contributed by atoms with Crippen LogP contribution in [-0.2, 0) is 4.79 Å². The predicted molar refractivity (Wildman–Crippen MR) is 95.3 cm³/mol. The average Bonchev–Trinajstić information content (AvgIpc) is 2.37. The van der Waals surface area contributed by atoms with Crippen molar-refractivity contribution in [3.8, 4) is 11.8 Å². The van der Waals surface area contributed by atoms with Crippen molar-refractivity contribution in [3.63, 3.8) is 0 Å². The van der Waals surface area contributed by atoms with Gasteiger partial charge in [0.2, 0.25) is 0 Å². The van der Waals surface area contributed by atoms with Crippen LogP contribution in [0.5, 0.6) is 0 Å². The zero-order valence-corrected chi connectivity index (χ0v) is 14.5. The molecule has 1 aliphatic rings. The summed E-state index contributed by atoms with van der Waals surface area (Å²) in [6.07, 6.45) is 14.5. The van der Waals surface area contributed by atoms with E-state index in [2.05, 4.69) is 53.4 Å². The highest BCUT2D eigenvalue weighted by Crippen LogP contribution is 2.27. The Labute approximate surface area is 135 Å². The third kappa shape index (κ3) is 6.14. The normalized spacial score (nSPS) is 25.8. The van der Waals surface area contributed by atoms with E-state index in [1.807, 2.05) is 24.3 Å². The molecule has 116 valence electrons. The van der Waals surface area contributed by atoms with Crippen LogP contribution in [0, 0.1) is 22.7 Å². The summed E-state index contributed by atoms with van der Waals surface area (Å²) in [5.74, 6) is 6.29. The first kappa shape index (κ1) is 18.0. The van der Waals surface area contributed by atoms with Crippen LogP contribution < -0.4 is 0 Å². The van der Waals surface area contributed by atoms with Crippen LogP contribution >= 0.6 is 0 Å². The number of ketones is 1. The molecule has 0 aromatic carbocycles. The van der Waals surface area contributed by atoms with E-state index < -0.39 is 0 Å². The second-order valence-corrected chi connectivity index (χ2v) is 7.43. The van der Waals surface area contributed by atoms with E-state index in [4.69, 9.17) is 0 Å². The van der Waals surface area contributed by atoms with Crippen LogP contribution in [0.15, 0.2) is 59.8 Å². The van der Waals surface area contributed by atoms with Crippen molar-refractivity contribution in [2.24, 2.45) is 10.8 Å². The summed E-state index contributed by atoms with van der Waals surface area (Å²) in [7, 11) is 0. The molecule has 0 aromatic rings. The zero-order chi connectivity index (χ0) is 16.8. The van der Waals surface area contributed by atoms with Gasteiger partial charge in [-0.2, -0.15) is 0 Å². The summed E-state index contributed by atoms with van der Waals surface area (Å²) in [5, 5.41) is 0.